The SMILES string of the molecule is CCOC(=O)Cn1nc(C2CCN(C(C)=O)CC2)c2c(-c3cc4ccccc4cn3)cccc21. The van der Waals surface area contributed by atoms with Gasteiger partial charge in [0.25, 0.3) is 0 Å². The summed E-state index contributed by atoms with van der Waals surface area (Å²) in [6, 6.07) is 16.3. The largest absolute Gasteiger partial charge is 0.465 e. The average molecular weight is 457 g/mol. The lowest BCUT2D eigenvalue weighted by Crippen LogP contribution is -2.36. The molecule has 0 unspecified atom stereocenters. The third-order valence-electron chi connectivity index (χ3n) is 6.62. The van der Waals surface area contributed by atoms with Crippen LogP contribution in [0, 0.1) is 0 Å². The fourth-order valence-electron chi connectivity index (χ4n) is 4.91. The molecule has 1 aliphatic rings. The number of hydrogen-bond donors (Lipinski definition) is 0. The van der Waals surface area contributed by atoms with Crippen molar-refractivity contribution in [1.82, 2.24) is 19.7 Å². The molecule has 2 aromatic carbocycles. The molecule has 0 spiro atoms. The molecule has 0 atom stereocenters. The number of amides is 1. The van der Waals surface area contributed by atoms with E-state index in [-0.39, 0.29) is 24.3 Å². The molecule has 7 nitrogen and oxygen atoms in total. The smallest absolute Gasteiger partial charge is 0.327 e. The number of benzene rings is 2. The van der Waals surface area contributed by atoms with E-state index in [1.807, 2.05) is 35.4 Å². The fourth-order valence-corrected chi connectivity index (χ4v) is 4.91. The molecule has 0 saturated carbocycles. The second-order valence-corrected chi connectivity index (χ2v) is 8.74. The molecular formula is C27H28N4O3. The van der Waals surface area contributed by atoms with E-state index in [0.29, 0.717) is 19.7 Å². The minimum Gasteiger partial charge on any atom is -0.465 e. The third-order valence-corrected chi connectivity index (χ3v) is 6.62. The molecule has 5 rings (SSSR count). The highest BCUT2D eigenvalue weighted by Crippen LogP contribution is 2.38. The van der Waals surface area contributed by atoms with Crippen LogP contribution >= 0.6 is 0 Å². The highest BCUT2D eigenvalue weighted by atomic mass is 16.5. The Bertz CT molecular complexity index is 1370. The summed E-state index contributed by atoms with van der Waals surface area (Å²) in [6.45, 7) is 5.24. The molecule has 2 aromatic heterocycles. The molecular weight excluding hydrogens is 428 g/mol. The Morgan fingerprint density at radius 1 is 1.06 bits per heavy atom. The third kappa shape index (κ3) is 4.14. The highest BCUT2D eigenvalue weighted by Gasteiger charge is 2.28. The predicted molar refractivity (Wildman–Crippen MR) is 131 cm³/mol. The van der Waals surface area contributed by atoms with Crippen LogP contribution in [-0.2, 0) is 20.9 Å². The number of aromatic nitrogens is 3. The van der Waals surface area contributed by atoms with Gasteiger partial charge in [0.05, 0.1) is 23.5 Å². The van der Waals surface area contributed by atoms with Crippen LogP contribution in [0.3, 0.4) is 0 Å². The summed E-state index contributed by atoms with van der Waals surface area (Å²) in [7, 11) is 0. The summed E-state index contributed by atoms with van der Waals surface area (Å²) >= 11 is 0. The fraction of sp³-hybridized carbons (Fsp3) is 0.333. The van der Waals surface area contributed by atoms with Crippen LogP contribution in [0.4, 0.5) is 0 Å². The van der Waals surface area contributed by atoms with Crippen LogP contribution in [0.15, 0.2) is 54.7 Å². The lowest BCUT2D eigenvalue weighted by molar-refractivity contribution is -0.144. The highest BCUT2D eigenvalue weighted by molar-refractivity contribution is 5.98. The molecule has 1 saturated heterocycles. The van der Waals surface area contributed by atoms with Crippen molar-refractivity contribution in [3.05, 3.63) is 60.4 Å². The number of pyridine rings is 1. The first-order chi connectivity index (χ1) is 16.5. The number of carbonyl (C=O) groups is 2. The first-order valence-electron chi connectivity index (χ1n) is 11.8. The van der Waals surface area contributed by atoms with Gasteiger partial charge in [-0.1, -0.05) is 36.4 Å². The van der Waals surface area contributed by atoms with Crippen LogP contribution in [-0.4, -0.2) is 51.2 Å². The van der Waals surface area contributed by atoms with Gasteiger partial charge in [-0.25, -0.2) is 0 Å². The minimum absolute atomic E-state index is 0.0607. The standard InChI is InChI=1S/C27H28N4O3/c1-3-34-25(33)17-31-24-10-6-9-22(23-15-20-7-4-5-8-21(20)16-28-23)26(24)27(29-31)19-11-13-30(14-12-19)18(2)32/h4-10,15-16,19H,3,11-14,17H2,1-2H3. The van der Waals surface area contributed by atoms with E-state index in [2.05, 4.69) is 24.3 Å². The van der Waals surface area contributed by atoms with Crippen molar-refractivity contribution in [2.24, 2.45) is 0 Å². The Balaban J connectivity index is 1.63. The van der Waals surface area contributed by atoms with Gasteiger partial charge in [-0.2, -0.15) is 5.10 Å². The molecule has 1 aliphatic heterocycles. The Hall–Kier alpha value is -3.74. The van der Waals surface area contributed by atoms with Crippen LogP contribution in [0.25, 0.3) is 32.9 Å². The van der Waals surface area contributed by atoms with Gasteiger partial charge in [0.15, 0.2) is 0 Å². The number of rotatable bonds is 5. The lowest BCUT2D eigenvalue weighted by Gasteiger charge is -2.30. The van der Waals surface area contributed by atoms with Crippen molar-refractivity contribution in [1.29, 1.82) is 0 Å². The van der Waals surface area contributed by atoms with Gasteiger partial charge in [-0.05, 0) is 37.3 Å². The summed E-state index contributed by atoms with van der Waals surface area (Å²) < 4.78 is 6.95. The zero-order valence-electron chi connectivity index (χ0n) is 19.5. The van der Waals surface area contributed by atoms with Gasteiger partial charge in [0.1, 0.15) is 6.54 Å². The van der Waals surface area contributed by atoms with E-state index in [4.69, 9.17) is 14.8 Å². The normalized spacial score (nSPS) is 14.6. The molecule has 1 fully saturated rings. The predicted octanol–water partition coefficient (Wildman–Crippen LogP) is 4.54. The first-order valence-corrected chi connectivity index (χ1v) is 11.8. The van der Waals surface area contributed by atoms with Crippen molar-refractivity contribution in [2.75, 3.05) is 19.7 Å². The molecule has 0 bridgehead atoms. The monoisotopic (exact) mass is 456 g/mol. The van der Waals surface area contributed by atoms with E-state index in [1.54, 1.807) is 18.5 Å². The maximum atomic E-state index is 12.3. The number of piperidine rings is 1. The zero-order chi connectivity index (χ0) is 23.7. The lowest BCUT2D eigenvalue weighted by atomic mass is 9.89. The summed E-state index contributed by atoms with van der Waals surface area (Å²) in [4.78, 5) is 30.8. The molecule has 3 heterocycles. The summed E-state index contributed by atoms with van der Waals surface area (Å²) in [6.07, 6.45) is 3.58. The number of esters is 1. The van der Waals surface area contributed by atoms with Crippen molar-refractivity contribution < 1.29 is 14.3 Å². The number of ether oxygens (including phenoxy) is 1. The molecule has 7 heteroatoms. The van der Waals surface area contributed by atoms with Crippen LogP contribution in [0.5, 0.6) is 0 Å². The van der Waals surface area contributed by atoms with Crippen molar-refractivity contribution in [2.45, 2.75) is 39.2 Å². The molecule has 0 aliphatic carbocycles. The van der Waals surface area contributed by atoms with E-state index < -0.39 is 0 Å². The first kappa shape index (κ1) is 22.1. The number of hydrogen-bond acceptors (Lipinski definition) is 5. The van der Waals surface area contributed by atoms with Gasteiger partial charge >= 0.3 is 5.97 Å². The minimum atomic E-state index is -0.306. The number of carbonyl (C=O) groups excluding carboxylic acids is 2. The Morgan fingerprint density at radius 2 is 1.82 bits per heavy atom. The summed E-state index contributed by atoms with van der Waals surface area (Å²) in [5.74, 6) is -0.000523. The second kappa shape index (κ2) is 9.25. The van der Waals surface area contributed by atoms with Crippen LogP contribution < -0.4 is 0 Å². The van der Waals surface area contributed by atoms with Gasteiger partial charge in [0.2, 0.25) is 5.91 Å². The van der Waals surface area contributed by atoms with Crippen molar-refractivity contribution >= 4 is 33.6 Å². The molecule has 0 radical (unpaired) electrons. The average Bonchev–Trinajstić information content (AvgIpc) is 3.22. The number of fused-ring (bicyclic) bond motifs is 2. The quantitative estimate of drug-likeness (QED) is 0.412. The Kier molecular flexibility index (Phi) is 6.01. The molecule has 1 amide bonds. The summed E-state index contributed by atoms with van der Waals surface area (Å²) in [5, 5.41) is 8.18. The maximum absolute atomic E-state index is 12.3. The van der Waals surface area contributed by atoms with Crippen LogP contribution in [0.1, 0.15) is 38.3 Å². The number of likely N-dealkylation sites (tertiary alicyclic amines) is 1. The van der Waals surface area contributed by atoms with Gasteiger partial charge in [0, 0.05) is 48.5 Å². The second-order valence-electron chi connectivity index (χ2n) is 8.74. The molecule has 34 heavy (non-hydrogen) atoms. The maximum Gasteiger partial charge on any atom is 0.327 e. The van der Waals surface area contributed by atoms with Crippen molar-refractivity contribution in [3.63, 3.8) is 0 Å². The Morgan fingerprint density at radius 3 is 2.56 bits per heavy atom. The molecule has 4 aromatic rings. The van der Waals surface area contributed by atoms with Gasteiger partial charge in [-0.3, -0.25) is 19.3 Å². The molecule has 0 N–H and O–H groups in total. The number of nitrogens with zero attached hydrogens (tertiary/aromatic N) is 4. The topological polar surface area (TPSA) is 77.3 Å². The van der Waals surface area contributed by atoms with E-state index >= 15 is 0 Å². The summed E-state index contributed by atoms with van der Waals surface area (Å²) in [5.41, 5.74) is 3.74. The van der Waals surface area contributed by atoms with Gasteiger partial charge < -0.3 is 9.64 Å². The van der Waals surface area contributed by atoms with Crippen LogP contribution in [0.2, 0.25) is 0 Å². The van der Waals surface area contributed by atoms with Crippen molar-refractivity contribution in [3.8, 4) is 11.3 Å². The van der Waals surface area contributed by atoms with E-state index in [9.17, 15) is 9.59 Å². The molecule has 174 valence electrons. The Labute approximate surface area is 198 Å². The van der Waals surface area contributed by atoms with Gasteiger partial charge in [-0.15, -0.1) is 0 Å². The van der Waals surface area contributed by atoms with E-state index in [1.165, 1.54) is 0 Å². The van der Waals surface area contributed by atoms with E-state index in [0.717, 1.165) is 51.5 Å². The zero-order valence-corrected chi connectivity index (χ0v) is 19.5.